The van der Waals surface area contributed by atoms with Crippen molar-refractivity contribution in [2.24, 2.45) is 0 Å². The van der Waals surface area contributed by atoms with Crippen LogP contribution < -0.4 is 18.9 Å². The number of ether oxygens (including phenoxy) is 2. The summed E-state index contributed by atoms with van der Waals surface area (Å²) in [5.74, 6) is 1.06. The van der Waals surface area contributed by atoms with Gasteiger partial charge in [-0.25, -0.2) is 16.8 Å². The molecule has 8 nitrogen and oxygen atoms in total. The van der Waals surface area contributed by atoms with Gasteiger partial charge in [-0.3, -0.25) is 9.44 Å². The SMILES string of the molecule is COc1ccc(S(=O)(=O)Nc2cccc(NS(=O)(=O)c3ccc(OC)cc3)c2)cc1. The molecular formula is C20H20N2O6S2. The quantitative estimate of drug-likeness (QED) is 0.547. The van der Waals surface area contributed by atoms with Gasteiger partial charge in [0.15, 0.2) is 0 Å². The highest BCUT2D eigenvalue weighted by atomic mass is 32.2. The molecule has 0 saturated heterocycles. The molecular weight excluding hydrogens is 428 g/mol. The Hall–Kier alpha value is -3.24. The van der Waals surface area contributed by atoms with E-state index in [1.54, 1.807) is 0 Å². The first-order valence-electron chi connectivity index (χ1n) is 8.67. The van der Waals surface area contributed by atoms with E-state index in [4.69, 9.17) is 9.47 Å². The molecule has 158 valence electrons. The molecule has 3 rings (SSSR count). The lowest BCUT2D eigenvalue weighted by Crippen LogP contribution is -2.15. The number of methoxy groups -OCH3 is 2. The molecule has 0 amide bonds. The number of benzene rings is 3. The number of sulfonamides is 2. The highest BCUT2D eigenvalue weighted by Gasteiger charge is 2.17. The van der Waals surface area contributed by atoms with Crippen LogP contribution in [0.1, 0.15) is 0 Å². The molecule has 3 aromatic carbocycles. The molecule has 0 atom stereocenters. The van der Waals surface area contributed by atoms with Gasteiger partial charge in [-0.15, -0.1) is 0 Å². The largest absolute Gasteiger partial charge is 0.497 e. The summed E-state index contributed by atoms with van der Waals surface area (Å²) in [5.41, 5.74) is 0.418. The van der Waals surface area contributed by atoms with Gasteiger partial charge in [-0.05, 0) is 66.7 Å². The normalized spacial score (nSPS) is 11.5. The Morgan fingerprint density at radius 1 is 0.600 bits per heavy atom. The van der Waals surface area contributed by atoms with E-state index in [0.29, 0.717) is 11.5 Å². The Morgan fingerprint density at radius 2 is 0.967 bits per heavy atom. The first kappa shape index (κ1) is 21.5. The molecule has 0 radical (unpaired) electrons. The van der Waals surface area contributed by atoms with Gasteiger partial charge in [-0.2, -0.15) is 0 Å². The third-order valence-electron chi connectivity index (χ3n) is 4.11. The highest BCUT2D eigenvalue weighted by Crippen LogP contribution is 2.24. The molecule has 0 aliphatic carbocycles. The summed E-state index contributed by atoms with van der Waals surface area (Å²) in [6, 6.07) is 17.8. The topological polar surface area (TPSA) is 111 Å². The lowest BCUT2D eigenvalue weighted by Gasteiger charge is -2.12. The van der Waals surface area contributed by atoms with Crippen LogP contribution in [0.15, 0.2) is 82.6 Å². The Kier molecular flexibility index (Phi) is 6.18. The summed E-state index contributed by atoms with van der Waals surface area (Å²) >= 11 is 0. The zero-order chi connectivity index (χ0) is 21.8. The standard InChI is InChI=1S/C20H20N2O6S2/c1-27-17-6-10-19(11-7-17)29(23,24)21-15-4-3-5-16(14-15)22-30(25,26)20-12-8-18(28-2)9-13-20/h3-14,21-22H,1-2H3. The van der Waals surface area contributed by atoms with E-state index in [2.05, 4.69) is 9.44 Å². The van der Waals surface area contributed by atoms with Crippen molar-refractivity contribution < 1.29 is 26.3 Å². The second-order valence-corrected chi connectivity index (χ2v) is 9.51. The summed E-state index contributed by atoms with van der Waals surface area (Å²) < 4.78 is 65.2. The molecule has 10 heteroatoms. The van der Waals surface area contributed by atoms with Crippen LogP contribution in [-0.4, -0.2) is 31.1 Å². The number of rotatable bonds is 8. The third-order valence-corrected chi connectivity index (χ3v) is 6.90. The molecule has 2 N–H and O–H groups in total. The molecule has 0 unspecified atom stereocenters. The van der Waals surface area contributed by atoms with Crippen LogP contribution in [0.4, 0.5) is 11.4 Å². The lowest BCUT2D eigenvalue weighted by molar-refractivity contribution is 0.414. The smallest absolute Gasteiger partial charge is 0.261 e. The van der Waals surface area contributed by atoms with Crippen LogP contribution in [0.2, 0.25) is 0 Å². The zero-order valence-corrected chi connectivity index (χ0v) is 17.8. The summed E-state index contributed by atoms with van der Waals surface area (Å²) in [6.45, 7) is 0. The van der Waals surface area contributed by atoms with Gasteiger partial charge in [0.05, 0.1) is 35.4 Å². The number of anilines is 2. The van der Waals surface area contributed by atoms with E-state index in [1.807, 2.05) is 0 Å². The van der Waals surface area contributed by atoms with Crippen molar-refractivity contribution in [2.75, 3.05) is 23.7 Å². The first-order chi connectivity index (χ1) is 14.2. The van der Waals surface area contributed by atoms with Crippen molar-refractivity contribution in [1.29, 1.82) is 0 Å². The van der Waals surface area contributed by atoms with Gasteiger partial charge in [0.25, 0.3) is 20.0 Å². The average molecular weight is 449 g/mol. The van der Waals surface area contributed by atoms with E-state index in [-0.39, 0.29) is 21.2 Å². The van der Waals surface area contributed by atoms with E-state index >= 15 is 0 Å². The minimum absolute atomic E-state index is 0.0486. The Labute approximate surface area is 175 Å². The highest BCUT2D eigenvalue weighted by molar-refractivity contribution is 7.93. The van der Waals surface area contributed by atoms with Crippen molar-refractivity contribution in [3.8, 4) is 11.5 Å². The van der Waals surface area contributed by atoms with Gasteiger partial charge >= 0.3 is 0 Å². The van der Waals surface area contributed by atoms with Crippen LogP contribution in [0, 0.1) is 0 Å². The molecule has 0 spiro atoms. The maximum Gasteiger partial charge on any atom is 0.261 e. The van der Waals surface area contributed by atoms with Crippen LogP contribution in [0.5, 0.6) is 11.5 Å². The maximum absolute atomic E-state index is 12.6. The Balaban J connectivity index is 1.79. The van der Waals surface area contributed by atoms with E-state index in [9.17, 15) is 16.8 Å². The second-order valence-electron chi connectivity index (χ2n) is 6.14. The fourth-order valence-corrected chi connectivity index (χ4v) is 4.68. The van der Waals surface area contributed by atoms with Crippen molar-refractivity contribution >= 4 is 31.4 Å². The fraction of sp³-hybridized carbons (Fsp3) is 0.100. The molecule has 0 saturated carbocycles. The average Bonchev–Trinajstić information content (AvgIpc) is 2.73. The van der Waals surface area contributed by atoms with Crippen LogP contribution in [0.3, 0.4) is 0 Å². The molecule has 30 heavy (non-hydrogen) atoms. The molecule has 0 aliphatic heterocycles. The summed E-state index contributed by atoms with van der Waals surface area (Å²) in [4.78, 5) is 0.0973. The molecule has 0 heterocycles. The minimum Gasteiger partial charge on any atom is -0.497 e. The maximum atomic E-state index is 12.6. The number of hydrogen-bond donors (Lipinski definition) is 2. The molecule has 0 aromatic heterocycles. The van der Waals surface area contributed by atoms with E-state index in [1.165, 1.54) is 87.0 Å². The van der Waals surface area contributed by atoms with Crippen molar-refractivity contribution in [2.45, 2.75) is 9.79 Å². The molecule has 0 fully saturated rings. The number of nitrogens with one attached hydrogen (secondary N) is 2. The third kappa shape index (κ3) is 5.02. The predicted octanol–water partition coefficient (Wildman–Crippen LogP) is 3.31. The first-order valence-corrected chi connectivity index (χ1v) is 11.6. The van der Waals surface area contributed by atoms with Gasteiger partial charge < -0.3 is 9.47 Å². The van der Waals surface area contributed by atoms with Gasteiger partial charge in [0, 0.05) is 0 Å². The van der Waals surface area contributed by atoms with Crippen LogP contribution >= 0.6 is 0 Å². The van der Waals surface area contributed by atoms with E-state index in [0.717, 1.165) is 0 Å². The fourth-order valence-electron chi connectivity index (χ4n) is 2.58. The minimum atomic E-state index is -3.86. The molecule has 3 aromatic rings. The second kappa shape index (κ2) is 8.64. The van der Waals surface area contributed by atoms with Gasteiger partial charge in [0.2, 0.25) is 0 Å². The zero-order valence-electron chi connectivity index (χ0n) is 16.2. The van der Waals surface area contributed by atoms with Gasteiger partial charge in [0.1, 0.15) is 11.5 Å². The van der Waals surface area contributed by atoms with Crippen molar-refractivity contribution in [1.82, 2.24) is 0 Å². The molecule has 0 bridgehead atoms. The Morgan fingerprint density at radius 3 is 1.30 bits per heavy atom. The van der Waals surface area contributed by atoms with Crippen LogP contribution in [-0.2, 0) is 20.0 Å². The van der Waals surface area contributed by atoms with Crippen molar-refractivity contribution in [3.63, 3.8) is 0 Å². The van der Waals surface area contributed by atoms with Crippen LogP contribution in [0.25, 0.3) is 0 Å². The summed E-state index contributed by atoms with van der Waals surface area (Å²) in [7, 11) is -4.74. The molecule has 0 aliphatic rings. The predicted molar refractivity (Wildman–Crippen MR) is 114 cm³/mol. The van der Waals surface area contributed by atoms with Gasteiger partial charge in [-0.1, -0.05) is 6.07 Å². The summed E-state index contributed by atoms with van der Waals surface area (Å²) in [5, 5.41) is 0. The lowest BCUT2D eigenvalue weighted by atomic mass is 10.3. The van der Waals surface area contributed by atoms with E-state index < -0.39 is 20.0 Å². The Bertz CT molecular complexity index is 1130. The number of hydrogen-bond acceptors (Lipinski definition) is 6. The monoisotopic (exact) mass is 448 g/mol. The van der Waals surface area contributed by atoms with Crippen molar-refractivity contribution in [3.05, 3.63) is 72.8 Å². The summed E-state index contributed by atoms with van der Waals surface area (Å²) in [6.07, 6.45) is 0.